The highest BCUT2D eigenvalue weighted by atomic mass is 16.5. The number of ether oxygens (including phenoxy) is 1. The fourth-order valence-corrected chi connectivity index (χ4v) is 4.06. The normalized spacial score (nSPS) is 19.9. The molecule has 0 aliphatic carbocycles. The van der Waals surface area contributed by atoms with E-state index in [4.69, 9.17) is 4.74 Å². The Morgan fingerprint density at radius 2 is 1.76 bits per heavy atom. The maximum atomic E-state index is 13.4. The summed E-state index contributed by atoms with van der Waals surface area (Å²) in [7, 11) is 1.59. The van der Waals surface area contributed by atoms with Gasteiger partial charge in [-0.3, -0.25) is 9.59 Å². The molecule has 0 bridgehead atoms. The summed E-state index contributed by atoms with van der Waals surface area (Å²) in [4.78, 5) is 30.1. The Labute approximate surface area is 170 Å². The molecule has 2 aromatic carbocycles. The predicted molar refractivity (Wildman–Crippen MR) is 110 cm³/mol. The molecular formula is C23H24N2O4. The smallest absolute Gasteiger partial charge is 0.282 e. The highest BCUT2D eigenvalue weighted by Crippen LogP contribution is 2.36. The van der Waals surface area contributed by atoms with Gasteiger partial charge in [0.1, 0.15) is 11.4 Å². The maximum absolute atomic E-state index is 13.4. The SMILES string of the molecule is COc1ccc(C2=C(N3CCCC(CO)C3)C(=O)N(c3ccccc3)C2=O)cc1. The first kappa shape index (κ1) is 19.2. The average Bonchev–Trinajstić information content (AvgIpc) is 3.04. The van der Waals surface area contributed by atoms with Crippen LogP contribution < -0.4 is 9.64 Å². The van der Waals surface area contributed by atoms with Crippen molar-refractivity contribution in [2.45, 2.75) is 12.8 Å². The van der Waals surface area contributed by atoms with E-state index in [1.54, 1.807) is 43.5 Å². The first-order valence-corrected chi connectivity index (χ1v) is 9.82. The number of anilines is 1. The van der Waals surface area contributed by atoms with Crippen molar-refractivity contribution in [1.82, 2.24) is 4.90 Å². The van der Waals surface area contributed by atoms with Crippen LogP contribution in [0.4, 0.5) is 5.69 Å². The number of carbonyl (C=O) groups excluding carboxylic acids is 2. The topological polar surface area (TPSA) is 70.1 Å². The minimum atomic E-state index is -0.326. The third kappa shape index (κ3) is 3.51. The molecule has 1 fully saturated rings. The number of methoxy groups -OCH3 is 1. The molecule has 6 heteroatoms. The number of piperidine rings is 1. The summed E-state index contributed by atoms with van der Waals surface area (Å²) in [5.41, 5.74) is 2.06. The van der Waals surface area contributed by atoms with E-state index in [0.717, 1.165) is 12.8 Å². The molecule has 0 aromatic heterocycles. The lowest BCUT2D eigenvalue weighted by atomic mass is 9.97. The van der Waals surface area contributed by atoms with E-state index in [-0.39, 0.29) is 24.3 Å². The zero-order valence-corrected chi connectivity index (χ0v) is 16.4. The Morgan fingerprint density at radius 1 is 1.03 bits per heavy atom. The van der Waals surface area contributed by atoms with E-state index in [2.05, 4.69) is 0 Å². The maximum Gasteiger partial charge on any atom is 0.282 e. The first-order valence-electron chi connectivity index (χ1n) is 9.82. The number of benzene rings is 2. The molecule has 29 heavy (non-hydrogen) atoms. The Hall–Kier alpha value is -3.12. The molecule has 1 N–H and O–H groups in total. The van der Waals surface area contributed by atoms with Crippen LogP contribution in [0.15, 0.2) is 60.3 Å². The molecule has 0 saturated carbocycles. The summed E-state index contributed by atoms with van der Waals surface area (Å²) >= 11 is 0. The van der Waals surface area contributed by atoms with E-state index < -0.39 is 0 Å². The monoisotopic (exact) mass is 392 g/mol. The van der Waals surface area contributed by atoms with E-state index >= 15 is 0 Å². The van der Waals surface area contributed by atoms with Crippen LogP contribution >= 0.6 is 0 Å². The van der Waals surface area contributed by atoms with Crippen LogP contribution in [-0.2, 0) is 9.59 Å². The highest BCUT2D eigenvalue weighted by molar-refractivity contribution is 6.45. The molecule has 2 aromatic rings. The molecule has 2 aliphatic heterocycles. The summed E-state index contributed by atoms with van der Waals surface area (Å²) in [5, 5.41) is 9.62. The number of imide groups is 1. The van der Waals surface area contributed by atoms with Gasteiger partial charge in [0.2, 0.25) is 0 Å². The Morgan fingerprint density at radius 3 is 2.41 bits per heavy atom. The van der Waals surface area contributed by atoms with Gasteiger partial charge < -0.3 is 14.7 Å². The Kier molecular flexibility index (Phi) is 5.36. The largest absolute Gasteiger partial charge is 0.497 e. The second kappa shape index (κ2) is 8.09. The summed E-state index contributed by atoms with van der Waals surface area (Å²) in [6.45, 7) is 1.33. The van der Waals surface area contributed by atoms with Gasteiger partial charge in [-0.15, -0.1) is 0 Å². The second-order valence-corrected chi connectivity index (χ2v) is 7.37. The Bertz CT molecular complexity index is 937. The number of para-hydroxylation sites is 1. The third-order valence-corrected chi connectivity index (χ3v) is 5.55. The van der Waals surface area contributed by atoms with Crippen molar-refractivity contribution in [3.63, 3.8) is 0 Å². The minimum absolute atomic E-state index is 0.0756. The second-order valence-electron chi connectivity index (χ2n) is 7.37. The molecule has 1 atom stereocenters. The van der Waals surface area contributed by atoms with Crippen LogP contribution in [0.2, 0.25) is 0 Å². The summed E-state index contributed by atoms with van der Waals surface area (Å²) in [5.74, 6) is 0.144. The lowest BCUT2D eigenvalue weighted by Gasteiger charge is -2.34. The quantitative estimate of drug-likeness (QED) is 0.793. The number of aliphatic hydroxyl groups is 1. The molecule has 150 valence electrons. The number of aliphatic hydroxyl groups excluding tert-OH is 1. The van der Waals surface area contributed by atoms with Crippen LogP contribution in [0, 0.1) is 5.92 Å². The minimum Gasteiger partial charge on any atom is -0.497 e. The number of likely N-dealkylation sites (tertiary alicyclic amines) is 1. The molecule has 2 aliphatic rings. The zero-order chi connectivity index (χ0) is 20.4. The van der Waals surface area contributed by atoms with Gasteiger partial charge in [-0.05, 0) is 48.6 Å². The fourth-order valence-electron chi connectivity index (χ4n) is 4.06. The number of rotatable bonds is 5. The lowest BCUT2D eigenvalue weighted by Crippen LogP contribution is -2.40. The predicted octanol–water partition coefficient (Wildman–Crippen LogP) is 2.68. The summed E-state index contributed by atoms with van der Waals surface area (Å²) < 4.78 is 5.23. The zero-order valence-electron chi connectivity index (χ0n) is 16.4. The van der Waals surface area contributed by atoms with E-state index in [9.17, 15) is 14.7 Å². The number of carbonyl (C=O) groups is 2. The summed E-state index contributed by atoms with van der Waals surface area (Å²) in [6, 6.07) is 16.2. The number of amides is 2. The average molecular weight is 392 g/mol. The van der Waals surface area contributed by atoms with Gasteiger partial charge in [-0.1, -0.05) is 30.3 Å². The van der Waals surface area contributed by atoms with Crippen molar-refractivity contribution >= 4 is 23.1 Å². The van der Waals surface area contributed by atoms with Crippen LogP contribution in [0.3, 0.4) is 0 Å². The first-order chi connectivity index (χ1) is 14.1. The molecule has 0 spiro atoms. The van der Waals surface area contributed by atoms with Crippen molar-refractivity contribution in [2.75, 3.05) is 31.7 Å². The lowest BCUT2D eigenvalue weighted by molar-refractivity contribution is -0.120. The number of nitrogens with zero attached hydrogens (tertiary/aromatic N) is 2. The standard InChI is InChI=1S/C23H24N2O4/c1-29-19-11-9-17(10-12-19)20-21(24-13-5-6-16(14-24)15-26)23(28)25(22(20)27)18-7-3-2-4-8-18/h2-4,7-12,16,26H,5-6,13-15H2,1H3. The molecule has 2 heterocycles. The van der Waals surface area contributed by atoms with Gasteiger partial charge in [0, 0.05) is 19.7 Å². The van der Waals surface area contributed by atoms with Crippen molar-refractivity contribution in [3.8, 4) is 5.75 Å². The summed E-state index contributed by atoms with van der Waals surface area (Å²) in [6.07, 6.45) is 1.79. The van der Waals surface area contributed by atoms with Crippen molar-refractivity contribution in [1.29, 1.82) is 0 Å². The fraction of sp³-hybridized carbons (Fsp3) is 0.304. The van der Waals surface area contributed by atoms with E-state index in [1.807, 2.05) is 23.1 Å². The van der Waals surface area contributed by atoms with Crippen molar-refractivity contribution in [3.05, 3.63) is 65.9 Å². The van der Waals surface area contributed by atoms with Crippen LogP contribution in [0.5, 0.6) is 5.75 Å². The van der Waals surface area contributed by atoms with E-state index in [1.165, 1.54) is 4.90 Å². The Balaban J connectivity index is 1.80. The molecule has 4 rings (SSSR count). The number of hydrogen-bond acceptors (Lipinski definition) is 5. The van der Waals surface area contributed by atoms with E-state index in [0.29, 0.717) is 41.4 Å². The van der Waals surface area contributed by atoms with Crippen LogP contribution in [-0.4, -0.2) is 48.6 Å². The van der Waals surface area contributed by atoms with Gasteiger partial charge in [-0.25, -0.2) is 4.90 Å². The molecule has 6 nitrogen and oxygen atoms in total. The third-order valence-electron chi connectivity index (χ3n) is 5.55. The van der Waals surface area contributed by atoms with Crippen molar-refractivity contribution in [2.24, 2.45) is 5.92 Å². The number of hydrogen-bond donors (Lipinski definition) is 1. The van der Waals surface area contributed by atoms with Gasteiger partial charge >= 0.3 is 0 Å². The van der Waals surface area contributed by atoms with Gasteiger partial charge in [-0.2, -0.15) is 0 Å². The van der Waals surface area contributed by atoms with Crippen molar-refractivity contribution < 1.29 is 19.4 Å². The molecule has 1 unspecified atom stereocenters. The van der Waals surface area contributed by atoms with Crippen LogP contribution in [0.25, 0.3) is 5.57 Å². The van der Waals surface area contributed by atoms with Gasteiger partial charge in [0.05, 0.1) is 18.4 Å². The van der Waals surface area contributed by atoms with Gasteiger partial charge in [0.15, 0.2) is 0 Å². The van der Waals surface area contributed by atoms with Crippen LogP contribution in [0.1, 0.15) is 18.4 Å². The molecule has 0 radical (unpaired) electrons. The molecular weight excluding hydrogens is 368 g/mol. The highest BCUT2D eigenvalue weighted by Gasteiger charge is 2.43. The van der Waals surface area contributed by atoms with Gasteiger partial charge in [0.25, 0.3) is 11.8 Å². The molecule has 2 amide bonds. The molecule has 1 saturated heterocycles.